The van der Waals surface area contributed by atoms with E-state index in [-0.39, 0.29) is 5.54 Å². The molecule has 1 N–H and O–H groups in total. The van der Waals surface area contributed by atoms with Gasteiger partial charge in [0.15, 0.2) is 0 Å². The lowest BCUT2D eigenvalue weighted by atomic mass is 10.1. The first-order chi connectivity index (χ1) is 7.38. The topological polar surface area (TPSA) is 18.5 Å². The molecule has 0 aromatic rings. The van der Waals surface area contributed by atoms with Gasteiger partial charge in [0.2, 0.25) is 0 Å². The highest BCUT2D eigenvalue weighted by atomic mass is 15.2. The van der Waals surface area contributed by atoms with Gasteiger partial charge in [-0.2, -0.15) is 0 Å². The van der Waals surface area contributed by atoms with Gasteiger partial charge in [-0.25, -0.2) is 0 Å². The zero-order valence-corrected chi connectivity index (χ0v) is 11.7. The van der Waals surface area contributed by atoms with E-state index in [4.69, 9.17) is 0 Å². The zero-order valence-electron chi connectivity index (χ0n) is 11.7. The van der Waals surface area contributed by atoms with Crippen LogP contribution in [0, 0.1) is 0 Å². The fourth-order valence-corrected chi connectivity index (χ4v) is 2.09. The van der Waals surface area contributed by atoms with Gasteiger partial charge in [0.25, 0.3) is 0 Å². The molecule has 0 spiro atoms. The molecule has 96 valence electrons. The molecule has 1 aliphatic rings. The number of likely N-dealkylation sites (N-methyl/N-ethyl adjacent to an activating group) is 1. The average molecular weight is 227 g/mol. The molecule has 16 heavy (non-hydrogen) atoms. The van der Waals surface area contributed by atoms with Crippen LogP contribution in [0.1, 0.15) is 34.1 Å². The summed E-state index contributed by atoms with van der Waals surface area (Å²) in [4.78, 5) is 5.05. The van der Waals surface area contributed by atoms with Gasteiger partial charge >= 0.3 is 0 Å². The summed E-state index contributed by atoms with van der Waals surface area (Å²) >= 11 is 0. The molecule has 3 nitrogen and oxygen atoms in total. The highest BCUT2D eigenvalue weighted by molar-refractivity contribution is 4.78. The molecule has 0 radical (unpaired) electrons. The Bertz CT molecular complexity index is 198. The van der Waals surface area contributed by atoms with Crippen molar-refractivity contribution in [3.63, 3.8) is 0 Å². The second-order valence-electron chi connectivity index (χ2n) is 6.17. The van der Waals surface area contributed by atoms with Gasteiger partial charge in [-0.05, 0) is 54.3 Å². The van der Waals surface area contributed by atoms with Crippen molar-refractivity contribution in [3.8, 4) is 0 Å². The van der Waals surface area contributed by atoms with E-state index in [1.54, 1.807) is 0 Å². The molecular formula is C13H29N3. The zero-order chi connectivity index (χ0) is 12.2. The van der Waals surface area contributed by atoms with E-state index in [9.17, 15) is 0 Å². The van der Waals surface area contributed by atoms with Crippen LogP contribution in [0.15, 0.2) is 0 Å². The molecule has 1 aliphatic heterocycles. The minimum absolute atomic E-state index is 0.233. The van der Waals surface area contributed by atoms with Crippen molar-refractivity contribution in [2.45, 2.75) is 45.7 Å². The van der Waals surface area contributed by atoms with Crippen molar-refractivity contribution in [2.75, 3.05) is 39.8 Å². The van der Waals surface area contributed by atoms with E-state index in [2.05, 4.69) is 49.9 Å². The Morgan fingerprint density at radius 2 is 1.81 bits per heavy atom. The maximum Gasteiger partial charge on any atom is 0.0193 e. The summed E-state index contributed by atoms with van der Waals surface area (Å²) in [6.07, 6.45) is 1.30. The molecule has 0 amide bonds. The van der Waals surface area contributed by atoms with Gasteiger partial charge in [0.05, 0.1) is 0 Å². The Morgan fingerprint density at radius 1 is 1.12 bits per heavy atom. The largest absolute Gasteiger partial charge is 0.311 e. The lowest BCUT2D eigenvalue weighted by Crippen LogP contribution is -2.47. The predicted octanol–water partition coefficient (Wildman–Crippen LogP) is 1.40. The van der Waals surface area contributed by atoms with Gasteiger partial charge in [0.1, 0.15) is 0 Å². The summed E-state index contributed by atoms with van der Waals surface area (Å²) in [6, 6.07) is 0.644. The fourth-order valence-electron chi connectivity index (χ4n) is 2.09. The van der Waals surface area contributed by atoms with Crippen molar-refractivity contribution in [1.82, 2.24) is 15.1 Å². The second-order valence-corrected chi connectivity index (χ2v) is 6.17. The molecule has 0 aromatic carbocycles. The normalized spacial score (nSPS) is 23.1. The minimum Gasteiger partial charge on any atom is -0.311 e. The lowest BCUT2D eigenvalue weighted by Gasteiger charge is -2.31. The summed E-state index contributed by atoms with van der Waals surface area (Å²) in [7, 11) is 2.22. The van der Waals surface area contributed by atoms with Crippen LogP contribution in [0.2, 0.25) is 0 Å². The SMILES string of the molecule is CC(CNC(C)(C)C)N1CCCN(C)CC1. The number of hydrogen-bond acceptors (Lipinski definition) is 3. The summed E-state index contributed by atoms with van der Waals surface area (Å²) in [6.45, 7) is 15.0. The van der Waals surface area contributed by atoms with Crippen LogP contribution in [0.4, 0.5) is 0 Å². The van der Waals surface area contributed by atoms with Crippen LogP contribution < -0.4 is 5.32 Å². The average Bonchev–Trinajstić information content (AvgIpc) is 2.38. The first-order valence-corrected chi connectivity index (χ1v) is 6.56. The third-order valence-corrected chi connectivity index (χ3v) is 3.31. The molecule has 1 unspecified atom stereocenters. The van der Waals surface area contributed by atoms with Crippen LogP contribution >= 0.6 is 0 Å². The minimum atomic E-state index is 0.233. The number of nitrogens with one attached hydrogen (secondary N) is 1. The maximum atomic E-state index is 3.60. The van der Waals surface area contributed by atoms with Crippen molar-refractivity contribution in [3.05, 3.63) is 0 Å². The smallest absolute Gasteiger partial charge is 0.0193 e. The van der Waals surface area contributed by atoms with Gasteiger partial charge in [-0.3, -0.25) is 4.90 Å². The Hall–Kier alpha value is -0.120. The first kappa shape index (κ1) is 13.9. The van der Waals surface area contributed by atoms with Crippen LogP contribution in [-0.4, -0.2) is 61.2 Å². The summed E-state index contributed by atoms with van der Waals surface area (Å²) in [5.74, 6) is 0. The summed E-state index contributed by atoms with van der Waals surface area (Å²) in [5, 5.41) is 3.60. The van der Waals surface area contributed by atoms with Gasteiger partial charge in [-0.1, -0.05) is 0 Å². The third-order valence-electron chi connectivity index (χ3n) is 3.31. The maximum absolute atomic E-state index is 3.60. The third kappa shape index (κ3) is 5.28. The first-order valence-electron chi connectivity index (χ1n) is 6.56. The molecule has 1 fully saturated rings. The number of rotatable bonds is 3. The van der Waals surface area contributed by atoms with Crippen LogP contribution in [-0.2, 0) is 0 Å². The molecule has 1 heterocycles. The predicted molar refractivity (Wildman–Crippen MR) is 70.9 cm³/mol. The Morgan fingerprint density at radius 3 is 2.44 bits per heavy atom. The Labute approximate surface area is 101 Å². The molecule has 3 heteroatoms. The molecule has 1 atom stereocenters. The van der Waals surface area contributed by atoms with Crippen LogP contribution in [0.25, 0.3) is 0 Å². The van der Waals surface area contributed by atoms with Gasteiger partial charge < -0.3 is 10.2 Å². The molecule has 0 saturated carbocycles. The second kappa shape index (κ2) is 5.99. The lowest BCUT2D eigenvalue weighted by molar-refractivity contribution is 0.200. The molecule has 1 saturated heterocycles. The highest BCUT2D eigenvalue weighted by Gasteiger charge is 2.19. The van der Waals surface area contributed by atoms with Crippen LogP contribution in [0.3, 0.4) is 0 Å². The van der Waals surface area contributed by atoms with E-state index < -0.39 is 0 Å². The van der Waals surface area contributed by atoms with Crippen molar-refractivity contribution < 1.29 is 0 Å². The van der Waals surface area contributed by atoms with Crippen molar-refractivity contribution in [1.29, 1.82) is 0 Å². The van der Waals surface area contributed by atoms with Gasteiger partial charge in [-0.15, -0.1) is 0 Å². The quantitative estimate of drug-likeness (QED) is 0.786. The Balaban J connectivity index is 2.32. The van der Waals surface area contributed by atoms with E-state index in [0.29, 0.717) is 6.04 Å². The van der Waals surface area contributed by atoms with Crippen molar-refractivity contribution in [2.24, 2.45) is 0 Å². The molecular weight excluding hydrogens is 198 g/mol. The monoisotopic (exact) mass is 227 g/mol. The van der Waals surface area contributed by atoms with Gasteiger partial charge in [0, 0.05) is 31.2 Å². The van der Waals surface area contributed by atoms with E-state index in [1.807, 2.05) is 0 Å². The van der Waals surface area contributed by atoms with E-state index >= 15 is 0 Å². The highest BCUT2D eigenvalue weighted by Crippen LogP contribution is 2.07. The Kier molecular flexibility index (Phi) is 5.22. The fraction of sp³-hybridized carbons (Fsp3) is 1.00. The standard InChI is InChI=1S/C13H29N3/c1-12(11-14-13(2,3)4)16-8-6-7-15(5)9-10-16/h12,14H,6-11H2,1-5H3. The molecule has 0 aromatic heterocycles. The number of hydrogen-bond donors (Lipinski definition) is 1. The van der Waals surface area contributed by atoms with Crippen LogP contribution in [0.5, 0.6) is 0 Å². The molecule has 0 aliphatic carbocycles. The summed E-state index contributed by atoms with van der Waals surface area (Å²) in [5.41, 5.74) is 0.233. The molecule has 0 bridgehead atoms. The van der Waals surface area contributed by atoms with E-state index in [1.165, 1.54) is 32.6 Å². The molecule has 1 rings (SSSR count). The van der Waals surface area contributed by atoms with Crippen molar-refractivity contribution >= 4 is 0 Å². The number of nitrogens with zero attached hydrogens (tertiary/aromatic N) is 2. The summed E-state index contributed by atoms with van der Waals surface area (Å²) < 4.78 is 0. The van der Waals surface area contributed by atoms with E-state index in [0.717, 1.165) is 6.54 Å².